The quantitative estimate of drug-likeness (QED) is 0.670. The number of aryl methyl sites for hydroxylation is 1. The standard InChI is InChI=1S/C19H26N8O/c1-19(2,3)14-7-8-15(22-21-14)27-9-12(10-27)25(5)18-20-16-13(11-24(4)23-16)17(28)26(18)6/h7-8,11-12H,9-10H2,1-6H3. The van der Waals surface area contributed by atoms with Crippen molar-refractivity contribution in [3.8, 4) is 0 Å². The highest BCUT2D eigenvalue weighted by Crippen LogP contribution is 2.25. The summed E-state index contributed by atoms with van der Waals surface area (Å²) in [7, 11) is 5.51. The van der Waals surface area contributed by atoms with Gasteiger partial charge in [0.05, 0.1) is 11.7 Å². The van der Waals surface area contributed by atoms with Crippen LogP contribution < -0.4 is 15.4 Å². The number of hydrogen-bond donors (Lipinski definition) is 0. The van der Waals surface area contributed by atoms with Crippen molar-refractivity contribution < 1.29 is 0 Å². The number of rotatable bonds is 3. The van der Waals surface area contributed by atoms with E-state index in [1.165, 1.54) is 0 Å². The van der Waals surface area contributed by atoms with Crippen LogP contribution in [0.1, 0.15) is 26.5 Å². The van der Waals surface area contributed by atoms with Gasteiger partial charge >= 0.3 is 0 Å². The summed E-state index contributed by atoms with van der Waals surface area (Å²) in [6.07, 6.45) is 1.71. The predicted octanol–water partition coefficient (Wildman–Crippen LogP) is 1.08. The van der Waals surface area contributed by atoms with Crippen molar-refractivity contribution in [2.24, 2.45) is 14.1 Å². The lowest BCUT2D eigenvalue weighted by molar-refractivity contribution is 0.477. The maximum atomic E-state index is 12.6. The summed E-state index contributed by atoms with van der Waals surface area (Å²) in [6, 6.07) is 4.31. The van der Waals surface area contributed by atoms with Gasteiger partial charge in [-0.2, -0.15) is 15.2 Å². The molecule has 9 heteroatoms. The first-order valence-corrected chi connectivity index (χ1v) is 9.37. The average Bonchev–Trinajstić information content (AvgIpc) is 2.97. The van der Waals surface area contributed by atoms with E-state index in [0.29, 0.717) is 17.0 Å². The Bertz CT molecular complexity index is 1070. The van der Waals surface area contributed by atoms with Crippen molar-refractivity contribution in [2.45, 2.75) is 32.2 Å². The third kappa shape index (κ3) is 3.00. The SMILES string of the molecule is CN(c1nc2nn(C)cc2c(=O)n1C)C1CN(c2ccc(C(C)(C)C)nn2)C1. The van der Waals surface area contributed by atoms with Crippen molar-refractivity contribution in [2.75, 3.05) is 29.9 Å². The molecule has 1 aliphatic heterocycles. The van der Waals surface area contributed by atoms with E-state index in [1.807, 2.05) is 24.1 Å². The van der Waals surface area contributed by atoms with E-state index < -0.39 is 0 Å². The molecule has 3 aromatic rings. The molecule has 0 aliphatic carbocycles. The summed E-state index contributed by atoms with van der Waals surface area (Å²) in [4.78, 5) is 21.4. The van der Waals surface area contributed by atoms with Crippen LogP contribution in [0.25, 0.3) is 11.0 Å². The molecular weight excluding hydrogens is 356 g/mol. The van der Waals surface area contributed by atoms with Crippen molar-refractivity contribution in [1.82, 2.24) is 29.5 Å². The first-order valence-electron chi connectivity index (χ1n) is 9.37. The molecule has 0 spiro atoms. The van der Waals surface area contributed by atoms with Crippen LogP contribution in [-0.2, 0) is 19.5 Å². The second-order valence-electron chi connectivity index (χ2n) is 8.51. The fourth-order valence-electron chi connectivity index (χ4n) is 3.41. The Balaban J connectivity index is 1.51. The first-order chi connectivity index (χ1) is 13.1. The monoisotopic (exact) mass is 382 g/mol. The zero-order chi connectivity index (χ0) is 20.2. The number of likely N-dealkylation sites (N-methyl/N-ethyl adjacent to an activating group) is 1. The molecule has 0 amide bonds. The smallest absolute Gasteiger partial charge is 0.265 e. The largest absolute Gasteiger partial charge is 0.351 e. The highest BCUT2D eigenvalue weighted by Gasteiger charge is 2.33. The number of hydrogen-bond acceptors (Lipinski definition) is 7. The topological polar surface area (TPSA) is 85.0 Å². The van der Waals surface area contributed by atoms with Gasteiger partial charge in [-0.05, 0) is 12.1 Å². The van der Waals surface area contributed by atoms with Gasteiger partial charge in [-0.15, -0.1) is 5.10 Å². The molecule has 148 valence electrons. The molecule has 0 N–H and O–H groups in total. The highest BCUT2D eigenvalue weighted by atomic mass is 16.1. The van der Waals surface area contributed by atoms with E-state index in [9.17, 15) is 4.79 Å². The molecule has 4 heterocycles. The minimum atomic E-state index is -0.0836. The lowest BCUT2D eigenvalue weighted by Crippen LogP contribution is -2.60. The Morgan fingerprint density at radius 1 is 1.14 bits per heavy atom. The molecule has 0 atom stereocenters. The molecule has 28 heavy (non-hydrogen) atoms. The lowest BCUT2D eigenvalue weighted by Gasteiger charge is -2.44. The molecule has 1 saturated heterocycles. The Morgan fingerprint density at radius 3 is 2.46 bits per heavy atom. The summed E-state index contributed by atoms with van der Waals surface area (Å²) in [6.45, 7) is 7.98. The lowest BCUT2D eigenvalue weighted by atomic mass is 9.92. The minimum absolute atomic E-state index is 0.0101. The molecule has 0 unspecified atom stereocenters. The molecule has 0 radical (unpaired) electrons. The molecule has 0 aromatic carbocycles. The van der Waals surface area contributed by atoms with Crippen LogP contribution >= 0.6 is 0 Å². The van der Waals surface area contributed by atoms with Gasteiger partial charge in [0.1, 0.15) is 5.39 Å². The molecule has 3 aromatic heterocycles. The van der Waals surface area contributed by atoms with Gasteiger partial charge in [0, 0.05) is 45.8 Å². The maximum absolute atomic E-state index is 12.6. The van der Waals surface area contributed by atoms with Gasteiger partial charge in [0.15, 0.2) is 11.5 Å². The van der Waals surface area contributed by atoms with Gasteiger partial charge < -0.3 is 9.80 Å². The third-order valence-corrected chi connectivity index (χ3v) is 5.32. The van der Waals surface area contributed by atoms with E-state index >= 15 is 0 Å². The number of anilines is 2. The highest BCUT2D eigenvalue weighted by molar-refractivity contribution is 5.74. The fourth-order valence-corrected chi connectivity index (χ4v) is 3.41. The number of fused-ring (bicyclic) bond motifs is 1. The van der Waals surface area contributed by atoms with E-state index in [2.05, 4.69) is 46.0 Å². The van der Waals surface area contributed by atoms with Crippen molar-refractivity contribution in [3.63, 3.8) is 0 Å². The summed E-state index contributed by atoms with van der Waals surface area (Å²) in [5.41, 5.74) is 1.37. The van der Waals surface area contributed by atoms with Gasteiger partial charge in [0.25, 0.3) is 5.56 Å². The van der Waals surface area contributed by atoms with E-state index in [4.69, 9.17) is 0 Å². The fraction of sp³-hybridized carbons (Fsp3) is 0.526. The summed E-state index contributed by atoms with van der Waals surface area (Å²) in [5.74, 6) is 1.50. The van der Waals surface area contributed by atoms with E-state index in [-0.39, 0.29) is 17.0 Å². The molecule has 0 saturated carbocycles. The maximum Gasteiger partial charge on any atom is 0.265 e. The van der Waals surface area contributed by atoms with Gasteiger partial charge in [-0.25, -0.2) is 0 Å². The van der Waals surface area contributed by atoms with Gasteiger partial charge in [-0.3, -0.25) is 14.0 Å². The second-order valence-corrected chi connectivity index (χ2v) is 8.51. The Kier molecular flexibility index (Phi) is 4.13. The molecule has 9 nitrogen and oxygen atoms in total. The first kappa shape index (κ1) is 18.4. The summed E-state index contributed by atoms with van der Waals surface area (Å²) in [5, 5.41) is 13.6. The normalized spacial score (nSPS) is 15.1. The van der Waals surface area contributed by atoms with Gasteiger partial charge in [-0.1, -0.05) is 20.8 Å². The van der Waals surface area contributed by atoms with E-state index in [1.54, 1.807) is 29.5 Å². The number of aromatic nitrogens is 6. The molecule has 1 aliphatic rings. The molecule has 4 rings (SSSR count). The summed E-state index contributed by atoms with van der Waals surface area (Å²) >= 11 is 0. The van der Waals surface area contributed by atoms with Crippen LogP contribution in [0.15, 0.2) is 23.1 Å². The molecular formula is C19H26N8O. The Labute approximate surface area is 163 Å². The average molecular weight is 382 g/mol. The van der Waals surface area contributed by atoms with Crippen LogP contribution in [0.5, 0.6) is 0 Å². The van der Waals surface area contributed by atoms with Crippen molar-refractivity contribution in [3.05, 3.63) is 34.4 Å². The predicted molar refractivity (Wildman–Crippen MR) is 109 cm³/mol. The minimum Gasteiger partial charge on any atom is -0.351 e. The summed E-state index contributed by atoms with van der Waals surface area (Å²) < 4.78 is 3.21. The third-order valence-electron chi connectivity index (χ3n) is 5.32. The molecule has 1 fully saturated rings. The van der Waals surface area contributed by atoms with Crippen molar-refractivity contribution >= 4 is 22.8 Å². The van der Waals surface area contributed by atoms with Crippen LogP contribution in [0, 0.1) is 0 Å². The van der Waals surface area contributed by atoms with Crippen LogP contribution in [0.4, 0.5) is 11.8 Å². The zero-order valence-electron chi connectivity index (χ0n) is 17.2. The zero-order valence-corrected chi connectivity index (χ0v) is 17.2. The van der Waals surface area contributed by atoms with Gasteiger partial charge in [0.2, 0.25) is 5.95 Å². The van der Waals surface area contributed by atoms with Crippen molar-refractivity contribution in [1.29, 1.82) is 0 Å². The number of nitrogens with zero attached hydrogens (tertiary/aromatic N) is 8. The van der Waals surface area contributed by atoms with Crippen LogP contribution in [0.3, 0.4) is 0 Å². The van der Waals surface area contributed by atoms with Crippen LogP contribution in [-0.4, -0.2) is 55.7 Å². The van der Waals surface area contributed by atoms with E-state index in [0.717, 1.165) is 24.6 Å². The second kappa shape index (κ2) is 6.29. The van der Waals surface area contributed by atoms with Crippen LogP contribution in [0.2, 0.25) is 0 Å². The Hall–Kier alpha value is -2.97. The molecule has 0 bridgehead atoms. The Morgan fingerprint density at radius 2 is 1.86 bits per heavy atom.